The van der Waals surface area contributed by atoms with Crippen LogP contribution >= 0.6 is 0 Å². The normalized spacial score (nSPS) is 16.9. The summed E-state index contributed by atoms with van der Waals surface area (Å²) in [6.45, 7) is 3.51. The topological polar surface area (TPSA) is 75.2 Å². The van der Waals surface area contributed by atoms with Gasteiger partial charge in [0.2, 0.25) is 5.91 Å². The smallest absolute Gasteiger partial charge is 0.244 e. The number of rotatable bonds is 4. The highest BCUT2D eigenvalue weighted by Gasteiger charge is 2.25. The molecule has 1 N–H and O–H groups in total. The van der Waals surface area contributed by atoms with Crippen LogP contribution in [0.1, 0.15) is 13.3 Å². The third kappa shape index (κ3) is 2.81. The van der Waals surface area contributed by atoms with Crippen LogP contribution in [0.3, 0.4) is 0 Å². The second kappa shape index (κ2) is 6.00. The number of hydrogen-bond donors (Lipinski definition) is 1. The van der Waals surface area contributed by atoms with Crippen LogP contribution < -0.4 is 5.32 Å². The van der Waals surface area contributed by atoms with E-state index < -0.39 is 10.8 Å². The molecule has 22 heavy (non-hydrogen) atoms. The number of likely N-dealkylation sites (tertiary alicyclic amines) is 1. The lowest BCUT2D eigenvalue weighted by Crippen LogP contribution is -2.48. The third-order valence-corrected chi connectivity index (χ3v) is 4.75. The van der Waals surface area contributed by atoms with Gasteiger partial charge >= 0.3 is 0 Å². The highest BCUT2D eigenvalue weighted by atomic mass is 32.2. The molecule has 1 aromatic carbocycles. The van der Waals surface area contributed by atoms with Crippen molar-refractivity contribution >= 4 is 33.4 Å². The summed E-state index contributed by atoms with van der Waals surface area (Å²) >= 11 is 0. The molecule has 6 nitrogen and oxygen atoms in total. The molecule has 7 heteroatoms. The van der Waals surface area contributed by atoms with Gasteiger partial charge in [-0.15, -0.1) is 0 Å². The Bertz CT molecular complexity index is 745. The Morgan fingerprint density at radius 2 is 2.14 bits per heavy atom. The van der Waals surface area contributed by atoms with Crippen LogP contribution in [0, 0.1) is 0 Å². The Hall–Kier alpha value is -2.02. The average Bonchev–Trinajstić information content (AvgIpc) is 2.45. The van der Waals surface area contributed by atoms with Gasteiger partial charge in [-0.1, -0.05) is 0 Å². The van der Waals surface area contributed by atoms with Crippen LogP contribution in [0.15, 0.2) is 29.4 Å². The zero-order valence-electron chi connectivity index (χ0n) is 12.6. The van der Waals surface area contributed by atoms with Crippen molar-refractivity contribution in [3.05, 3.63) is 24.5 Å². The van der Waals surface area contributed by atoms with Gasteiger partial charge < -0.3 is 10.2 Å². The Morgan fingerprint density at radius 3 is 2.77 bits per heavy atom. The molecule has 2 aromatic rings. The van der Waals surface area contributed by atoms with Crippen molar-refractivity contribution in [3.8, 4) is 0 Å². The zero-order valence-corrected chi connectivity index (χ0v) is 13.4. The predicted molar refractivity (Wildman–Crippen MR) is 86.2 cm³/mol. The fourth-order valence-corrected chi connectivity index (χ4v) is 2.95. The minimum Gasteiger partial charge on any atom is -0.358 e. The van der Waals surface area contributed by atoms with E-state index in [4.69, 9.17) is 0 Å². The molecule has 1 amide bonds. The monoisotopic (exact) mass is 318 g/mol. The van der Waals surface area contributed by atoms with E-state index in [1.165, 1.54) is 6.33 Å². The molecule has 1 aliphatic rings. The van der Waals surface area contributed by atoms with E-state index in [2.05, 4.69) is 15.3 Å². The first-order chi connectivity index (χ1) is 10.6. The third-order valence-electron chi connectivity index (χ3n) is 3.83. The maximum absolute atomic E-state index is 12.2. The number of nitrogens with zero attached hydrogens (tertiary/aromatic N) is 3. The minimum absolute atomic E-state index is 0.0873. The molecule has 0 bridgehead atoms. The van der Waals surface area contributed by atoms with Crippen LogP contribution in [-0.2, 0) is 15.6 Å². The Labute approximate surface area is 131 Å². The lowest BCUT2D eigenvalue weighted by atomic mass is 10.1. The summed E-state index contributed by atoms with van der Waals surface area (Å²) in [7, 11) is -1.05. The first kappa shape index (κ1) is 14.9. The van der Waals surface area contributed by atoms with Crippen LogP contribution in [-0.4, -0.2) is 50.4 Å². The molecule has 1 aliphatic heterocycles. The van der Waals surface area contributed by atoms with E-state index in [-0.39, 0.29) is 11.9 Å². The standard InChI is InChI=1S/C15H18N4O2S/c1-10(15(20)19-6-3-7-19)18-14-12-5-4-11(22(2)21)8-13(12)16-9-17-14/h4-5,8-10H,3,6-7H2,1-2H3,(H,16,17,18)/t10-,22?/m1/s1. The maximum Gasteiger partial charge on any atom is 0.244 e. The molecule has 2 atom stereocenters. The molecule has 3 rings (SSSR count). The molecule has 1 fully saturated rings. The Balaban J connectivity index is 1.87. The molecule has 0 saturated carbocycles. The molecule has 116 valence electrons. The largest absolute Gasteiger partial charge is 0.358 e. The molecule has 1 aromatic heterocycles. The average molecular weight is 318 g/mol. The number of anilines is 1. The van der Waals surface area contributed by atoms with Crippen molar-refractivity contribution in [2.24, 2.45) is 0 Å². The fourth-order valence-electron chi connectivity index (χ4n) is 2.41. The quantitative estimate of drug-likeness (QED) is 0.922. The highest BCUT2D eigenvalue weighted by molar-refractivity contribution is 7.84. The van der Waals surface area contributed by atoms with Gasteiger partial charge in [-0.25, -0.2) is 9.97 Å². The van der Waals surface area contributed by atoms with Crippen molar-refractivity contribution in [1.82, 2.24) is 14.9 Å². The van der Waals surface area contributed by atoms with Gasteiger partial charge in [0, 0.05) is 40.4 Å². The fraction of sp³-hybridized carbons (Fsp3) is 0.400. The van der Waals surface area contributed by atoms with Gasteiger partial charge in [-0.3, -0.25) is 9.00 Å². The lowest BCUT2D eigenvalue weighted by molar-refractivity contribution is -0.135. The van der Waals surface area contributed by atoms with Gasteiger partial charge in [0.25, 0.3) is 0 Å². The Kier molecular flexibility index (Phi) is 4.06. The SMILES string of the molecule is C[C@@H](Nc1ncnc2cc(S(C)=O)ccc12)C(=O)N1CCC1. The molecule has 1 saturated heterocycles. The molecule has 0 aliphatic carbocycles. The van der Waals surface area contributed by atoms with Crippen LogP contribution in [0.25, 0.3) is 10.9 Å². The highest BCUT2D eigenvalue weighted by Crippen LogP contribution is 2.22. The molecule has 2 heterocycles. The predicted octanol–water partition coefficient (Wildman–Crippen LogP) is 1.40. The van der Waals surface area contributed by atoms with Crippen molar-refractivity contribution in [2.75, 3.05) is 24.7 Å². The second-order valence-electron chi connectivity index (χ2n) is 5.40. The molecule has 0 radical (unpaired) electrons. The summed E-state index contributed by atoms with van der Waals surface area (Å²) < 4.78 is 11.6. The number of amides is 1. The summed E-state index contributed by atoms with van der Waals surface area (Å²) in [5, 5.41) is 3.98. The zero-order chi connectivity index (χ0) is 15.7. The van der Waals surface area contributed by atoms with Gasteiger partial charge in [-0.2, -0.15) is 0 Å². The number of hydrogen-bond acceptors (Lipinski definition) is 5. The van der Waals surface area contributed by atoms with Crippen molar-refractivity contribution < 1.29 is 9.00 Å². The Morgan fingerprint density at radius 1 is 1.36 bits per heavy atom. The molecular weight excluding hydrogens is 300 g/mol. The van der Waals surface area contributed by atoms with Crippen LogP contribution in [0.2, 0.25) is 0 Å². The van der Waals surface area contributed by atoms with Gasteiger partial charge in [-0.05, 0) is 31.5 Å². The second-order valence-corrected chi connectivity index (χ2v) is 6.78. The first-order valence-corrected chi connectivity index (χ1v) is 8.75. The van der Waals surface area contributed by atoms with Gasteiger partial charge in [0.05, 0.1) is 5.52 Å². The number of benzene rings is 1. The van der Waals surface area contributed by atoms with E-state index >= 15 is 0 Å². The van der Waals surface area contributed by atoms with E-state index in [1.54, 1.807) is 18.4 Å². The van der Waals surface area contributed by atoms with E-state index in [0.717, 1.165) is 29.8 Å². The number of fused-ring (bicyclic) bond motifs is 1. The molecule has 1 unspecified atom stereocenters. The number of nitrogens with one attached hydrogen (secondary N) is 1. The minimum atomic E-state index is -1.05. The van der Waals surface area contributed by atoms with Crippen molar-refractivity contribution in [1.29, 1.82) is 0 Å². The number of aromatic nitrogens is 2. The summed E-state index contributed by atoms with van der Waals surface area (Å²) in [4.78, 5) is 23.2. The first-order valence-electron chi connectivity index (χ1n) is 7.20. The van der Waals surface area contributed by atoms with Crippen LogP contribution in [0.5, 0.6) is 0 Å². The van der Waals surface area contributed by atoms with E-state index in [1.807, 2.05) is 17.9 Å². The number of carbonyl (C=O) groups excluding carboxylic acids is 1. The van der Waals surface area contributed by atoms with Crippen LogP contribution in [0.4, 0.5) is 5.82 Å². The van der Waals surface area contributed by atoms with Crippen molar-refractivity contribution in [3.63, 3.8) is 0 Å². The van der Waals surface area contributed by atoms with E-state index in [9.17, 15) is 9.00 Å². The summed E-state index contributed by atoms with van der Waals surface area (Å²) in [5.74, 6) is 0.712. The summed E-state index contributed by atoms with van der Waals surface area (Å²) in [6.07, 6.45) is 4.16. The van der Waals surface area contributed by atoms with Gasteiger partial charge in [0.1, 0.15) is 18.2 Å². The van der Waals surface area contributed by atoms with Gasteiger partial charge in [0.15, 0.2) is 0 Å². The number of carbonyl (C=O) groups is 1. The van der Waals surface area contributed by atoms with E-state index in [0.29, 0.717) is 11.3 Å². The molecule has 0 spiro atoms. The molecular formula is C15H18N4O2S. The lowest BCUT2D eigenvalue weighted by Gasteiger charge is -2.33. The van der Waals surface area contributed by atoms with Crippen molar-refractivity contribution in [2.45, 2.75) is 24.3 Å². The summed E-state index contributed by atoms with van der Waals surface area (Å²) in [5.41, 5.74) is 0.716. The summed E-state index contributed by atoms with van der Waals surface area (Å²) in [6, 6.07) is 5.10. The maximum atomic E-state index is 12.2.